The molecule has 13 heavy (non-hydrogen) atoms. The molecule has 0 aliphatic carbocycles. The van der Waals surface area contributed by atoms with Crippen LogP contribution in [-0.2, 0) is 0 Å². The van der Waals surface area contributed by atoms with Gasteiger partial charge in [0.2, 0.25) is 0 Å². The van der Waals surface area contributed by atoms with Crippen LogP contribution in [0.25, 0.3) is 0 Å². The second kappa shape index (κ2) is 4.82. The minimum absolute atomic E-state index is 0.179. The van der Waals surface area contributed by atoms with E-state index in [0.29, 0.717) is 5.92 Å². The van der Waals surface area contributed by atoms with Gasteiger partial charge in [0.05, 0.1) is 0 Å². The third-order valence-electron chi connectivity index (χ3n) is 1.96. The summed E-state index contributed by atoms with van der Waals surface area (Å²) in [6, 6.07) is 0. The predicted molar refractivity (Wildman–Crippen MR) is 54.3 cm³/mol. The fraction of sp³-hybridized carbons (Fsp3) is 0.500. The minimum atomic E-state index is 0.179. The summed E-state index contributed by atoms with van der Waals surface area (Å²) in [5.74, 6) is 1.52. The van der Waals surface area contributed by atoms with Crippen LogP contribution in [0.4, 0.5) is 0 Å². The van der Waals surface area contributed by atoms with Gasteiger partial charge in [-0.2, -0.15) is 0 Å². The Morgan fingerprint density at radius 3 is 3.08 bits per heavy atom. The molecule has 0 radical (unpaired) electrons. The molecule has 2 unspecified atom stereocenters. The van der Waals surface area contributed by atoms with Crippen molar-refractivity contribution >= 4 is 5.84 Å². The lowest BCUT2D eigenvalue weighted by Crippen LogP contribution is -2.21. The van der Waals surface area contributed by atoms with Gasteiger partial charge in [-0.1, -0.05) is 26.0 Å². The number of aliphatic hydroxyl groups excluding tert-OH is 1. The molecule has 2 N–H and O–H groups in total. The van der Waals surface area contributed by atoms with E-state index in [4.69, 9.17) is 5.11 Å². The van der Waals surface area contributed by atoms with Crippen LogP contribution < -0.4 is 5.32 Å². The van der Waals surface area contributed by atoms with Crippen LogP contribution in [0.3, 0.4) is 0 Å². The Bertz CT molecular complexity index is 243. The minimum Gasteiger partial charge on any atom is -0.396 e. The lowest BCUT2D eigenvalue weighted by Gasteiger charge is -2.05. The molecule has 1 aliphatic rings. The van der Waals surface area contributed by atoms with Crippen molar-refractivity contribution in [1.82, 2.24) is 5.32 Å². The lowest BCUT2D eigenvalue weighted by atomic mass is 10.2. The van der Waals surface area contributed by atoms with Gasteiger partial charge in [0.15, 0.2) is 0 Å². The summed E-state index contributed by atoms with van der Waals surface area (Å²) in [6.45, 7) is 4.22. The van der Waals surface area contributed by atoms with E-state index in [0.717, 1.165) is 5.84 Å². The number of rotatable bonds is 3. The van der Waals surface area contributed by atoms with Gasteiger partial charge in [0.1, 0.15) is 5.84 Å². The number of hydrogen-bond acceptors (Lipinski definition) is 3. The van der Waals surface area contributed by atoms with Crippen molar-refractivity contribution in [2.24, 2.45) is 16.8 Å². The fourth-order valence-corrected chi connectivity index (χ4v) is 0.988. The molecule has 0 amide bonds. The van der Waals surface area contributed by atoms with Crippen molar-refractivity contribution in [1.29, 1.82) is 0 Å². The molecule has 0 saturated carbocycles. The maximum Gasteiger partial charge on any atom is 0.112 e. The summed E-state index contributed by atoms with van der Waals surface area (Å²) in [6.07, 6.45) is 7.60. The van der Waals surface area contributed by atoms with E-state index in [1.807, 2.05) is 25.3 Å². The average Bonchev–Trinajstić information content (AvgIpc) is 2.52. The van der Waals surface area contributed by atoms with E-state index in [2.05, 4.69) is 17.2 Å². The summed E-state index contributed by atoms with van der Waals surface area (Å²) < 4.78 is 0. The largest absolute Gasteiger partial charge is 0.396 e. The molecule has 0 fully saturated rings. The van der Waals surface area contributed by atoms with E-state index in [-0.39, 0.29) is 12.5 Å². The van der Waals surface area contributed by atoms with E-state index in [9.17, 15) is 0 Å². The molecule has 3 nitrogen and oxygen atoms in total. The summed E-state index contributed by atoms with van der Waals surface area (Å²) in [5.41, 5.74) is 0. The Balaban J connectivity index is 2.31. The standard InChI is InChI=1S/C10H16N2O/c1-8(7-13)3-5-11-10-9(2)4-6-12-10/h3-6,8-9,13H,7H2,1-2H3,(H,11,12)/b5-3-. The van der Waals surface area contributed by atoms with E-state index >= 15 is 0 Å². The SMILES string of the molecule is CC(/C=C\NC1=NC=CC1C)CO. The summed E-state index contributed by atoms with van der Waals surface area (Å²) in [4.78, 5) is 4.15. The Morgan fingerprint density at radius 1 is 1.77 bits per heavy atom. The number of aliphatic hydroxyl groups is 1. The van der Waals surface area contributed by atoms with Gasteiger partial charge in [-0.15, -0.1) is 0 Å². The second-order valence-corrected chi connectivity index (χ2v) is 3.31. The van der Waals surface area contributed by atoms with Crippen molar-refractivity contribution < 1.29 is 5.11 Å². The topological polar surface area (TPSA) is 44.6 Å². The monoisotopic (exact) mass is 180 g/mol. The quantitative estimate of drug-likeness (QED) is 0.687. The van der Waals surface area contributed by atoms with Gasteiger partial charge in [0.25, 0.3) is 0 Å². The van der Waals surface area contributed by atoms with E-state index < -0.39 is 0 Å². The Labute approximate surface area is 78.9 Å². The number of amidine groups is 1. The zero-order chi connectivity index (χ0) is 9.68. The number of hydrogen-bond donors (Lipinski definition) is 2. The normalized spacial score (nSPS) is 23.6. The van der Waals surface area contributed by atoms with Crippen LogP contribution in [0.5, 0.6) is 0 Å². The van der Waals surface area contributed by atoms with E-state index in [1.165, 1.54) is 0 Å². The van der Waals surface area contributed by atoms with Gasteiger partial charge < -0.3 is 10.4 Å². The summed E-state index contributed by atoms with van der Waals surface area (Å²) in [5, 5.41) is 11.8. The molecule has 1 aliphatic heterocycles. The molecule has 1 heterocycles. The molecule has 0 bridgehead atoms. The molecule has 1 rings (SSSR count). The predicted octanol–water partition coefficient (Wildman–Crippen LogP) is 1.28. The summed E-state index contributed by atoms with van der Waals surface area (Å²) >= 11 is 0. The van der Waals surface area contributed by atoms with Crippen LogP contribution in [0, 0.1) is 11.8 Å². The number of aliphatic imine (C=N–C) groups is 1. The van der Waals surface area contributed by atoms with Gasteiger partial charge in [-0.25, -0.2) is 4.99 Å². The summed E-state index contributed by atoms with van der Waals surface area (Å²) in [7, 11) is 0. The maximum absolute atomic E-state index is 8.76. The highest BCUT2D eigenvalue weighted by Gasteiger charge is 2.08. The molecule has 0 spiro atoms. The van der Waals surface area contributed by atoms with Gasteiger partial charge >= 0.3 is 0 Å². The highest BCUT2D eigenvalue weighted by Crippen LogP contribution is 2.06. The zero-order valence-corrected chi connectivity index (χ0v) is 8.07. The first-order valence-electron chi connectivity index (χ1n) is 4.52. The van der Waals surface area contributed by atoms with E-state index in [1.54, 1.807) is 6.20 Å². The van der Waals surface area contributed by atoms with Crippen molar-refractivity contribution in [2.45, 2.75) is 13.8 Å². The molecule has 72 valence electrons. The number of nitrogens with zero attached hydrogens (tertiary/aromatic N) is 1. The van der Waals surface area contributed by atoms with Crippen molar-refractivity contribution in [3.63, 3.8) is 0 Å². The van der Waals surface area contributed by atoms with Gasteiger partial charge in [-0.3, -0.25) is 0 Å². The van der Waals surface area contributed by atoms with Crippen molar-refractivity contribution in [3.05, 3.63) is 24.6 Å². The lowest BCUT2D eigenvalue weighted by molar-refractivity contribution is 0.262. The van der Waals surface area contributed by atoms with Gasteiger partial charge in [-0.05, 0) is 12.1 Å². The third kappa shape index (κ3) is 3.03. The third-order valence-corrected chi connectivity index (χ3v) is 1.96. The molecule has 0 aromatic heterocycles. The highest BCUT2D eigenvalue weighted by atomic mass is 16.3. The molecule has 0 saturated heterocycles. The fourth-order valence-electron chi connectivity index (χ4n) is 0.988. The van der Waals surface area contributed by atoms with Crippen LogP contribution >= 0.6 is 0 Å². The number of nitrogens with one attached hydrogen (secondary N) is 1. The molecule has 3 heteroatoms. The first kappa shape index (κ1) is 9.99. The Morgan fingerprint density at radius 2 is 2.54 bits per heavy atom. The van der Waals surface area contributed by atoms with Gasteiger partial charge in [0, 0.05) is 18.7 Å². The van der Waals surface area contributed by atoms with Crippen molar-refractivity contribution in [3.8, 4) is 0 Å². The van der Waals surface area contributed by atoms with Crippen LogP contribution in [0.1, 0.15) is 13.8 Å². The molecule has 2 atom stereocenters. The molecular weight excluding hydrogens is 164 g/mol. The first-order chi connectivity index (χ1) is 6.24. The van der Waals surface area contributed by atoms with Crippen LogP contribution in [0.15, 0.2) is 29.5 Å². The molecule has 0 aromatic carbocycles. The van der Waals surface area contributed by atoms with Crippen LogP contribution in [-0.4, -0.2) is 17.5 Å². The Hall–Kier alpha value is -1.09. The Kier molecular flexibility index (Phi) is 3.71. The molecule has 0 aromatic rings. The van der Waals surface area contributed by atoms with Crippen LogP contribution in [0.2, 0.25) is 0 Å². The highest BCUT2D eigenvalue weighted by molar-refractivity contribution is 5.88. The first-order valence-corrected chi connectivity index (χ1v) is 4.52. The second-order valence-electron chi connectivity index (χ2n) is 3.31. The zero-order valence-electron chi connectivity index (χ0n) is 8.07. The smallest absolute Gasteiger partial charge is 0.112 e. The maximum atomic E-state index is 8.76. The average molecular weight is 180 g/mol. The molecular formula is C10H16N2O. The van der Waals surface area contributed by atoms with Crippen molar-refractivity contribution in [2.75, 3.05) is 6.61 Å².